The van der Waals surface area contributed by atoms with Crippen molar-refractivity contribution in [3.63, 3.8) is 0 Å². The van der Waals surface area contributed by atoms with Crippen molar-refractivity contribution in [1.82, 2.24) is 0 Å². The first-order chi connectivity index (χ1) is 15.9. The van der Waals surface area contributed by atoms with Crippen LogP contribution < -0.4 is 0 Å². The normalized spacial score (nSPS) is 41.8. The SMILES string of the molecule is CC(C)=CCCC(C)=CCCC1(C)OC1CCC1OC1(C)CCC1OC1(C)CCC1OC1(C)C. The van der Waals surface area contributed by atoms with Crippen LogP contribution in [0.1, 0.15) is 120 Å². The van der Waals surface area contributed by atoms with Gasteiger partial charge in [-0.3, -0.25) is 0 Å². The average Bonchev–Trinajstić information content (AvgIpc) is 3.67. The average molecular weight is 475 g/mol. The lowest BCUT2D eigenvalue weighted by atomic mass is 9.91. The molecule has 194 valence electrons. The van der Waals surface area contributed by atoms with Crippen LogP contribution in [0.4, 0.5) is 0 Å². The first-order valence-corrected chi connectivity index (χ1v) is 13.9. The molecule has 4 heteroatoms. The zero-order chi connectivity index (χ0) is 24.8. The second kappa shape index (κ2) is 9.65. The van der Waals surface area contributed by atoms with E-state index in [2.05, 4.69) is 67.5 Å². The van der Waals surface area contributed by atoms with Crippen LogP contribution in [0, 0.1) is 0 Å². The van der Waals surface area contributed by atoms with Gasteiger partial charge in [0.25, 0.3) is 0 Å². The van der Waals surface area contributed by atoms with Crippen LogP contribution in [0.15, 0.2) is 23.3 Å². The fraction of sp³-hybridized carbons (Fsp3) is 0.867. The van der Waals surface area contributed by atoms with Gasteiger partial charge in [0.2, 0.25) is 0 Å². The number of rotatable bonds is 15. The van der Waals surface area contributed by atoms with Gasteiger partial charge in [-0.25, -0.2) is 0 Å². The Balaban J connectivity index is 1.06. The van der Waals surface area contributed by atoms with Crippen molar-refractivity contribution in [2.24, 2.45) is 0 Å². The minimum absolute atomic E-state index is 0.0465. The number of epoxide rings is 4. The third-order valence-corrected chi connectivity index (χ3v) is 8.99. The molecule has 0 amide bonds. The van der Waals surface area contributed by atoms with Gasteiger partial charge in [-0.15, -0.1) is 0 Å². The van der Waals surface area contributed by atoms with Crippen LogP contribution in [0.25, 0.3) is 0 Å². The summed E-state index contributed by atoms with van der Waals surface area (Å²) in [5.41, 5.74) is 3.18. The van der Waals surface area contributed by atoms with Gasteiger partial charge in [-0.05, 0) is 120 Å². The molecule has 7 unspecified atom stereocenters. The Morgan fingerprint density at radius 2 is 1.06 bits per heavy atom. The fourth-order valence-electron chi connectivity index (χ4n) is 5.80. The molecule has 4 nitrogen and oxygen atoms in total. The molecule has 0 radical (unpaired) electrons. The predicted molar refractivity (Wildman–Crippen MR) is 138 cm³/mol. The van der Waals surface area contributed by atoms with Crippen LogP contribution in [0.5, 0.6) is 0 Å². The van der Waals surface area contributed by atoms with Crippen LogP contribution in [-0.4, -0.2) is 46.8 Å². The van der Waals surface area contributed by atoms with E-state index in [1.54, 1.807) is 0 Å². The molecule has 0 spiro atoms. The van der Waals surface area contributed by atoms with E-state index in [1.165, 1.54) is 17.6 Å². The van der Waals surface area contributed by atoms with Crippen molar-refractivity contribution in [2.75, 3.05) is 0 Å². The van der Waals surface area contributed by atoms with E-state index >= 15 is 0 Å². The summed E-state index contributed by atoms with van der Waals surface area (Å²) in [5, 5.41) is 0. The topological polar surface area (TPSA) is 50.1 Å². The van der Waals surface area contributed by atoms with Crippen molar-refractivity contribution in [3.05, 3.63) is 23.3 Å². The first kappa shape index (κ1) is 26.4. The molecule has 4 saturated heterocycles. The zero-order valence-electron chi connectivity index (χ0n) is 23.2. The predicted octanol–water partition coefficient (Wildman–Crippen LogP) is 7.45. The Morgan fingerprint density at radius 3 is 1.56 bits per heavy atom. The van der Waals surface area contributed by atoms with Gasteiger partial charge in [-0.1, -0.05) is 23.3 Å². The third-order valence-electron chi connectivity index (χ3n) is 8.99. The van der Waals surface area contributed by atoms with E-state index in [0.29, 0.717) is 24.4 Å². The van der Waals surface area contributed by atoms with E-state index in [9.17, 15) is 0 Å². The van der Waals surface area contributed by atoms with Crippen molar-refractivity contribution < 1.29 is 18.9 Å². The zero-order valence-corrected chi connectivity index (χ0v) is 23.2. The van der Waals surface area contributed by atoms with E-state index < -0.39 is 0 Å². The van der Waals surface area contributed by atoms with Gasteiger partial charge in [0.1, 0.15) is 0 Å². The van der Waals surface area contributed by atoms with Crippen LogP contribution in [0.3, 0.4) is 0 Å². The number of allylic oxidation sites excluding steroid dienone is 4. The molecule has 0 aromatic rings. The summed E-state index contributed by atoms with van der Waals surface area (Å²) in [4.78, 5) is 0. The summed E-state index contributed by atoms with van der Waals surface area (Å²) in [5.74, 6) is 0. The van der Waals surface area contributed by atoms with E-state index in [4.69, 9.17) is 18.9 Å². The molecule has 0 aromatic carbocycles. The Kier molecular flexibility index (Phi) is 7.49. The highest BCUT2D eigenvalue weighted by molar-refractivity contribution is 5.08. The smallest absolute Gasteiger partial charge is 0.0923 e. The molecular formula is C30H50O4. The summed E-state index contributed by atoms with van der Waals surface area (Å²) < 4.78 is 24.1. The minimum Gasteiger partial charge on any atom is -0.367 e. The highest BCUT2D eigenvalue weighted by Gasteiger charge is 2.58. The van der Waals surface area contributed by atoms with Gasteiger partial charge in [0, 0.05) is 0 Å². The first-order valence-electron chi connectivity index (χ1n) is 13.9. The lowest BCUT2D eigenvalue weighted by molar-refractivity contribution is 0.263. The van der Waals surface area contributed by atoms with Crippen LogP contribution in [-0.2, 0) is 18.9 Å². The maximum atomic E-state index is 6.15. The number of ether oxygens (including phenoxy) is 4. The molecule has 7 atom stereocenters. The molecule has 0 bridgehead atoms. The van der Waals surface area contributed by atoms with Crippen molar-refractivity contribution >= 4 is 0 Å². The molecule has 34 heavy (non-hydrogen) atoms. The van der Waals surface area contributed by atoms with Gasteiger partial charge >= 0.3 is 0 Å². The monoisotopic (exact) mass is 474 g/mol. The Bertz CT molecular complexity index is 796. The van der Waals surface area contributed by atoms with Gasteiger partial charge in [0.05, 0.1) is 46.8 Å². The standard InChI is InChI=1S/C30H50O4/c1-21(2)11-9-12-22(3)13-10-18-28(6)24(32-28)14-15-25-29(7,33-25)20-17-26-30(8,34-26)19-16-23-27(4,5)31-23/h11,13,23-26H,9-10,12,14-20H2,1-8H3. The molecule has 4 rings (SSSR count). The van der Waals surface area contributed by atoms with E-state index in [-0.39, 0.29) is 22.4 Å². The lowest BCUT2D eigenvalue weighted by Gasteiger charge is -2.08. The second-order valence-electron chi connectivity index (χ2n) is 13.0. The van der Waals surface area contributed by atoms with Crippen LogP contribution >= 0.6 is 0 Å². The minimum atomic E-state index is 0.0465. The fourth-order valence-corrected chi connectivity index (χ4v) is 5.80. The number of hydrogen-bond donors (Lipinski definition) is 0. The summed E-state index contributed by atoms with van der Waals surface area (Å²) in [6.07, 6.45) is 17.6. The molecule has 0 N–H and O–H groups in total. The largest absolute Gasteiger partial charge is 0.367 e. The Hall–Kier alpha value is -0.680. The summed E-state index contributed by atoms with van der Waals surface area (Å²) >= 11 is 0. The van der Waals surface area contributed by atoms with Crippen molar-refractivity contribution in [2.45, 2.75) is 166 Å². The highest BCUT2D eigenvalue weighted by atomic mass is 16.6. The van der Waals surface area contributed by atoms with Crippen molar-refractivity contribution in [1.29, 1.82) is 0 Å². The molecular weight excluding hydrogens is 424 g/mol. The quantitative estimate of drug-likeness (QED) is 0.183. The molecule has 4 fully saturated rings. The van der Waals surface area contributed by atoms with Gasteiger partial charge < -0.3 is 18.9 Å². The summed E-state index contributed by atoms with van der Waals surface area (Å²) in [6.45, 7) is 17.8. The van der Waals surface area contributed by atoms with E-state index in [0.717, 1.165) is 57.8 Å². The summed E-state index contributed by atoms with van der Waals surface area (Å²) in [7, 11) is 0. The third kappa shape index (κ3) is 6.75. The summed E-state index contributed by atoms with van der Waals surface area (Å²) in [6, 6.07) is 0. The van der Waals surface area contributed by atoms with Gasteiger partial charge in [0.15, 0.2) is 0 Å². The maximum Gasteiger partial charge on any atom is 0.0923 e. The van der Waals surface area contributed by atoms with Crippen molar-refractivity contribution in [3.8, 4) is 0 Å². The molecule has 0 aliphatic carbocycles. The number of hydrogen-bond acceptors (Lipinski definition) is 4. The Morgan fingerprint density at radius 1 is 0.588 bits per heavy atom. The lowest BCUT2D eigenvalue weighted by Crippen LogP contribution is -2.17. The molecule has 0 aromatic heterocycles. The maximum absolute atomic E-state index is 6.15. The van der Waals surface area contributed by atoms with Crippen LogP contribution in [0.2, 0.25) is 0 Å². The van der Waals surface area contributed by atoms with Gasteiger partial charge in [-0.2, -0.15) is 0 Å². The van der Waals surface area contributed by atoms with E-state index in [1.807, 2.05) is 0 Å². The molecule has 4 aliphatic heterocycles. The Labute approximate surface area is 208 Å². The molecule has 4 aliphatic rings. The highest BCUT2D eigenvalue weighted by Crippen LogP contribution is 2.51. The second-order valence-corrected chi connectivity index (χ2v) is 13.0. The molecule has 4 heterocycles. The molecule has 0 saturated carbocycles.